The zero-order valence-corrected chi connectivity index (χ0v) is 31.3. The number of hydrogen-bond donors (Lipinski definition) is 7. The number of para-hydroxylation sites is 1. The number of benzene rings is 4. The molecule has 4 aromatic carbocycles. The standard InChI is InChI=1S/C42H46N6O8/c1-42(2,3)56-41(55)48-34(22-28-24-44-31-19-10-9-18-30(28)31)39(53)46-33(21-27-16-11-15-26-14-7-8-17-29(26)27)38(52)47-35(23-36(49)50)40(54)45-32(37(43)51)20-25-12-5-4-6-13-25/h4-19,24,32-35,44H,20-23H2,1-3H3,(H2,43,51)(H,45,54)(H,46,53)(H,47,52)(H,48,55)(H,49,50)/t32-,33-,34-,35-/m0/s1. The summed E-state index contributed by atoms with van der Waals surface area (Å²) in [5.74, 6) is -4.84. The Morgan fingerprint density at radius 1 is 0.643 bits per heavy atom. The molecule has 14 heteroatoms. The number of nitrogens with one attached hydrogen (secondary N) is 5. The summed E-state index contributed by atoms with van der Waals surface area (Å²) in [6.07, 6.45) is -0.00801. The molecule has 0 fully saturated rings. The molecule has 5 amide bonds. The Morgan fingerprint density at radius 3 is 1.88 bits per heavy atom. The van der Waals surface area contributed by atoms with E-state index >= 15 is 0 Å². The number of carbonyl (C=O) groups excluding carboxylic acids is 5. The van der Waals surface area contributed by atoms with Gasteiger partial charge in [0.15, 0.2) is 0 Å². The Bertz CT molecular complexity index is 2210. The van der Waals surface area contributed by atoms with Crippen LogP contribution in [0.3, 0.4) is 0 Å². The fourth-order valence-electron chi connectivity index (χ4n) is 6.35. The number of aromatic amines is 1. The lowest BCUT2D eigenvalue weighted by atomic mass is 9.97. The van der Waals surface area contributed by atoms with Crippen LogP contribution in [-0.2, 0) is 48.0 Å². The Kier molecular flexibility index (Phi) is 13.1. The van der Waals surface area contributed by atoms with Gasteiger partial charge in [-0.2, -0.15) is 0 Å². The van der Waals surface area contributed by atoms with Crippen molar-refractivity contribution in [3.63, 3.8) is 0 Å². The van der Waals surface area contributed by atoms with Crippen LogP contribution in [0.15, 0.2) is 103 Å². The van der Waals surface area contributed by atoms with Crippen LogP contribution in [0.4, 0.5) is 4.79 Å². The van der Waals surface area contributed by atoms with Gasteiger partial charge in [-0.15, -0.1) is 0 Å². The Balaban J connectivity index is 1.45. The van der Waals surface area contributed by atoms with E-state index < -0.39 is 71.9 Å². The van der Waals surface area contributed by atoms with E-state index in [0.717, 1.165) is 21.7 Å². The van der Waals surface area contributed by atoms with Gasteiger partial charge in [-0.25, -0.2) is 4.79 Å². The van der Waals surface area contributed by atoms with Crippen molar-refractivity contribution in [3.8, 4) is 0 Å². The zero-order valence-electron chi connectivity index (χ0n) is 31.3. The van der Waals surface area contributed by atoms with Gasteiger partial charge in [0.1, 0.15) is 29.8 Å². The van der Waals surface area contributed by atoms with E-state index in [1.807, 2.05) is 54.6 Å². The van der Waals surface area contributed by atoms with Crippen molar-refractivity contribution in [3.05, 3.63) is 120 Å². The fraction of sp³-hybridized carbons (Fsp3) is 0.286. The van der Waals surface area contributed by atoms with Gasteiger partial charge in [0, 0.05) is 36.4 Å². The molecule has 56 heavy (non-hydrogen) atoms. The number of carbonyl (C=O) groups is 6. The summed E-state index contributed by atoms with van der Waals surface area (Å²) in [5.41, 5.74) is 7.62. The van der Waals surface area contributed by atoms with E-state index in [2.05, 4.69) is 26.3 Å². The van der Waals surface area contributed by atoms with E-state index in [4.69, 9.17) is 10.5 Å². The molecular formula is C42H46N6O8. The van der Waals surface area contributed by atoms with Crippen LogP contribution >= 0.6 is 0 Å². The van der Waals surface area contributed by atoms with Gasteiger partial charge < -0.3 is 41.8 Å². The number of fused-ring (bicyclic) bond motifs is 2. The number of carboxylic acids is 1. The smallest absolute Gasteiger partial charge is 0.408 e. The highest BCUT2D eigenvalue weighted by Gasteiger charge is 2.33. The Labute approximate surface area is 323 Å². The summed E-state index contributed by atoms with van der Waals surface area (Å²) in [7, 11) is 0. The number of primary amides is 1. The molecule has 0 bridgehead atoms. The monoisotopic (exact) mass is 762 g/mol. The minimum atomic E-state index is -1.66. The molecular weight excluding hydrogens is 716 g/mol. The molecule has 5 rings (SSSR count). The zero-order chi connectivity index (χ0) is 40.4. The van der Waals surface area contributed by atoms with Crippen molar-refractivity contribution in [1.82, 2.24) is 26.3 Å². The van der Waals surface area contributed by atoms with Crippen LogP contribution < -0.4 is 27.0 Å². The molecule has 14 nitrogen and oxygen atoms in total. The summed E-state index contributed by atoms with van der Waals surface area (Å²) in [5, 5.41) is 22.6. The number of aliphatic carboxylic acids is 1. The third-order valence-electron chi connectivity index (χ3n) is 9.00. The van der Waals surface area contributed by atoms with Crippen LogP contribution in [0.2, 0.25) is 0 Å². The minimum absolute atomic E-state index is 0.0116. The summed E-state index contributed by atoms with van der Waals surface area (Å²) in [6.45, 7) is 5.05. The number of alkyl carbamates (subject to hydrolysis) is 1. The van der Waals surface area contributed by atoms with E-state index in [0.29, 0.717) is 16.7 Å². The van der Waals surface area contributed by atoms with Crippen molar-refractivity contribution < 1.29 is 38.6 Å². The van der Waals surface area contributed by atoms with Gasteiger partial charge in [-0.05, 0) is 54.3 Å². The molecule has 1 aromatic heterocycles. The van der Waals surface area contributed by atoms with Gasteiger partial charge >= 0.3 is 12.1 Å². The highest BCUT2D eigenvalue weighted by molar-refractivity contribution is 5.97. The average Bonchev–Trinajstić information content (AvgIpc) is 3.55. The Hall–Kier alpha value is -6.70. The molecule has 292 valence electrons. The van der Waals surface area contributed by atoms with Crippen molar-refractivity contribution in [2.75, 3.05) is 0 Å². The maximum absolute atomic E-state index is 14.3. The molecule has 0 radical (unpaired) electrons. The molecule has 1 heterocycles. The fourth-order valence-corrected chi connectivity index (χ4v) is 6.35. The number of hydrogen-bond acceptors (Lipinski definition) is 7. The summed E-state index contributed by atoms with van der Waals surface area (Å²) in [4.78, 5) is 82.7. The quantitative estimate of drug-likeness (QED) is 0.0785. The molecule has 4 atom stereocenters. The molecule has 5 aromatic rings. The second-order valence-corrected chi connectivity index (χ2v) is 14.5. The number of H-pyrrole nitrogens is 1. The highest BCUT2D eigenvalue weighted by atomic mass is 16.6. The lowest BCUT2D eigenvalue weighted by molar-refractivity contribution is -0.141. The first-order valence-electron chi connectivity index (χ1n) is 18.1. The Morgan fingerprint density at radius 2 is 1.20 bits per heavy atom. The van der Waals surface area contributed by atoms with Gasteiger partial charge in [0.2, 0.25) is 23.6 Å². The molecule has 0 saturated heterocycles. The van der Waals surface area contributed by atoms with Crippen molar-refractivity contribution >= 4 is 57.4 Å². The highest BCUT2D eigenvalue weighted by Crippen LogP contribution is 2.22. The van der Waals surface area contributed by atoms with Crippen molar-refractivity contribution in [2.24, 2.45) is 5.73 Å². The van der Waals surface area contributed by atoms with E-state index in [1.54, 1.807) is 69.4 Å². The summed E-state index contributed by atoms with van der Waals surface area (Å²) < 4.78 is 5.47. The molecule has 0 aliphatic rings. The van der Waals surface area contributed by atoms with Crippen molar-refractivity contribution in [2.45, 2.75) is 76.2 Å². The summed E-state index contributed by atoms with van der Waals surface area (Å²) >= 11 is 0. The third-order valence-corrected chi connectivity index (χ3v) is 9.00. The predicted octanol–water partition coefficient (Wildman–Crippen LogP) is 3.66. The number of rotatable bonds is 16. The first kappa shape index (κ1) is 40.5. The van der Waals surface area contributed by atoms with E-state index in [9.17, 15) is 33.9 Å². The number of carboxylic acid groups (broad SMARTS) is 1. The van der Waals surface area contributed by atoms with Crippen LogP contribution in [0.1, 0.15) is 43.9 Å². The normalized spacial score (nSPS) is 13.5. The molecule has 0 aliphatic carbocycles. The number of amides is 5. The number of ether oxygens (including phenoxy) is 1. The van der Waals surface area contributed by atoms with E-state index in [1.165, 1.54) is 0 Å². The van der Waals surface area contributed by atoms with Crippen LogP contribution in [-0.4, -0.2) is 75.6 Å². The maximum Gasteiger partial charge on any atom is 0.408 e. The van der Waals surface area contributed by atoms with Gasteiger partial charge in [-0.1, -0.05) is 91.0 Å². The molecule has 8 N–H and O–H groups in total. The van der Waals surface area contributed by atoms with E-state index in [-0.39, 0.29) is 19.3 Å². The molecule has 0 unspecified atom stereocenters. The third kappa shape index (κ3) is 11.2. The maximum atomic E-state index is 14.3. The number of nitrogens with two attached hydrogens (primary N) is 1. The second-order valence-electron chi connectivity index (χ2n) is 14.5. The van der Waals surface area contributed by atoms with Crippen LogP contribution in [0.25, 0.3) is 21.7 Å². The lowest BCUT2D eigenvalue weighted by Gasteiger charge is -2.27. The largest absolute Gasteiger partial charge is 0.481 e. The first-order chi connectivity index (χ1) is 26.7. The minimum Gasteiger partial charge on any atom is -0.481 e. The lowest BCUT2D eigenvalue weighted by Crippen LogP contribution is -2.59. The molecule has 0 aliphatic heterocycles. The summed E-state index contributed by atoms with van der Waals surface area (Å²) in [6, 6.07) is 23.7. The van der Waals surface area contributed by atoms with Gasteiger partial charge in [0.05, 0.1) is 6.42 Å². The van der Waals surface area contributed by atoms with Crippen LogP contribution in [0, 0.1) is 0 Å². The average molecular weight is 763 g/mol. The SMILES string of the molecule is CC(C)(C)OC(=O)N[C@@H](Cc1c[nH]c2ccccc12)C(=O)N[C@@H](Cc1cccc2ccccc12)C(=O)N[C@@H](CC(=O)O)C(=O)N[C@@H](Cc1ccccc1)C(N)=O. The van der Waals surface area contributed by atoms with Crippen molar-refractivity contribution in [1.29, 1.82) is 0 Å². The van der Waals surface area contributed by atoms with Gasteiger partial charge in [0.25, 0.3) is 0 Å². The predicted molar refractivity (Wildman–Crippen MR) is 210 cm³/mol. The second kappa shape index (κ2) is 18.1. The first-order valence-corrected chi connectivity index (χ1v) is 18.1. The van der Waals surface area contributed by atoms with Gasteiger partial charge in [-0.3, -0.25) is 24.0 Å². The molecule has 0 saturated carbocycles. The topological polar surface area (TPSA) is 222 Å². The molecule has 0 spiro atoms. The van der Waals surface area contributed by atoms with Crippen LogP contribution in [0.5, 0.6) is 0 Å². The number of aromatic nitrogens is 1.